The van der Waals surface area contributed by atoms with Gasteiger partial charge in [-0.1, -0.05) is 12.5 Å². The van der Waals surface area contributed by atoms with Crippen molar-refractivity contribution < 1.29 is 9.47 Å². The molecule has 1 aromatic heterocycles. The number of benzene rings is 1. The molecule has 6 nitrogen and oxygen atoms in total. The van der Waals surface area contributed by atoms with E-state index in [1.165, 1.54) is 6.42 Å². The van der Waals surface area contributed by atoms with Crippen LogP contribution in [0.1, 0.15) is 36.5 Å². The summed E-state index contributed by atoms with van der Waals surface area (Å²) in [4.78, 5) is 0. The van der Waals surface area contributed by atoms with Crippen molar-refractivity contribution in [3.8, 4) is 17.6 Å². The van der Waals surface area contributed by atoms with Crippen LogP contribution in [0.4, 0.5) is 0 Å². The van der Waals surface area contributed by atoms with Gasteiger partial charge in [-0.2, -0.15) is 5.26 Å². The maximum Gasteiger partial charge on any atom is 0.174 e. The van der Waals surface area contributed by atoms with Gasteiger partial charge >= 0.3 is 0 Å². The molecule has 0 saturated heterocycles. The highest BCUT2D eigenvalue weighted by atomic mass is 79.9. The number of rotatable bonds is 2. The van der Waals surface area contributed by atoms with Crippen molar-refractivity contribution >= 4 is 28.6 Å². The monoisotopic (exact) mass is 402 g/mol. The molecule has 0 bridgehead atoms. The number of nitrogens with zero attached hydrogens (tertiary/aromatic N) is 4. The normalized spacial score (nSPS) is 16.2. The molecule has 0 saturated carbocycles. The van der Waals surface area contributed by atoms with Crippen LogP contribution >= 0.6 is 17.0 Å². The van der Waals surface area contributed by atoms with Gasteiger partial charge in [-0.25, -0.2) is 0 Å². The van der Waals surface area contributed by atoms with E-state index >= 15 is 0 Å². The number of fused-ring (bicyclic) bond motifs is 2. The molecule has 0 atom stereocenters. The van der Waals surface area contributed by atoms with Crippen molar-refractivity contribution in [3.63, 3.8) is 0 Å². The van der Waals surface area contributed by atoms with Gasteiger partial charge in [0, 0.05) is 13.0 Å². The van der Waals surface area contributed by atoms with Crippen LogP contribution in [0.2, 0.25) is 0 Å². The van der Waals surface area contributed by atoms with E-state index in [1.54, 1.807) is 0 Å². The molecule has 0 N–H and O–H groups in total. The summed E-state index contributed by atoms with van der Waals surface area (Å²) in [5.41, 5.74) is 1.41. The Balaban J connectivity index is 0.00000182. The number of nitriles is 1. The Morgan fingerprint density at radius 2 is 1.96 bits per heavy atom. The first-order valence-electron chi connectivity index (χ1n) is 8.29. The minimum absolute atomic E-state index is 0. The summed E-state index contributed by atoms with van der Waals surface area (Å²) >= 11 is 0. The summed E-state index contributed by atoms with van der Waals surface area (Å²) in [6.07, 6.45) is 6.18. The van der Waals surface area contributed by atoms with Crippen LogP contribution in [0.5, 0.6) is 11.5 Å². The lowest BCUT2D eigenvalue weighted by Gasteiger charge is -2.18. The predicted molar refractivity (Wildman–Crippen MR) is 98.8 cm³/mol. The maximum absolute atomic E-state index is 9.61. The molecule has 2 aliphatic heterocycles. The Morgan fingerprint density at radius 3 is 2.80 bits per heavy atom. The third kappa shape index (κ3) is 3.54. The van der Waals surface area contributed by atoms with Crippen molar-refractivity contribution in [1.29, 1.82) is 5.26 Å². The van der Waals surface area contributed by atoms with E-state index in [2.05, 4.69) is 20.8 Å². The molecule has 2 aromatic rings. The summed E-state index contributed by atoms with van der Waals surface area (Å²) < 4.78 is 13.2. The van der Waals surface area contributed by atoms with Gasteiger partial charge in [0.1, 0.15) is 25.1 Å². The fourth-order valence-electron chi connectivity index (χ4n) is 3.15. The molecule has 4 rings (SSSR count). The van der Waals surface area contributed by atoms with Crippen molar-refractivity contribution in [3.05, 3.63) is 35.4 Å². The third-order valence-electron chi connectivity index (χ3n) is 4.35. The fourth-order valence-corrected chi connectivity index (χ4v) is 3.15. The zero-order chi connectivity index (χ0) is 16.4. The highest BCUT2D eigenvalue weighted by Gasteiger charge is 2.18. The van der Waals surface area contributed by atoms with E-state index in [1.807, 2.05) is 24.3 Å². The molecule has 2 aliphatic rings. The lowest BCUT2D eigenvalue weighted by atomic mass is 10.1. The third-order valence-corrected chi connectivity index (χ3v) is 4.35. The molecule has 25 heavy (non-hydrogen) atoms. The first-order valence-corrected chi connectivity index (χ1v) is 8.29. The van der Waals surface area contributed by atoms with Gasteiger partial charge in [0.15, 0.2) is 17.3 Å². The quantitative estimate of drug-likeness (QED) is 0.719. The van der Waals surface area contributed by atoms with Gasteiger partial charge in [-0.3, -0.25) is 0 Å². The first-order chi connectivity index (χ1) is 11.8. The van der Waals surface area contributed by atoms with E-state index < -0.39 is 0 Å². The van der Waals surface area contributed by atoms with E-state index in [9.17, 15) is 5.26 Å². The van der Waals surface area contributed by atoms with Crippen LogP contribution in [-0.2, 0) is 13.0 Å². The van der Waals surface area contributed by atoms with Crippen LogP contribution in [0.25, 0.3) is 11.6 Å². The van der Waals surface area contributed by atoms with E-state index in [0.717, 1.165) is 42.9 Å². The lowest BCUT2D eigenvalue weighted by molar-refractivity contribution is 0.171. The summed E-state index contributed by atoms with van der Waals surface area (Å²) in [6, 6.07) is 7.96. The molecular weight excluding hydrogens is 384 g/mol. The van der Waals surface area contributed by atoms with Gasteiger partial charge in [0.05, 0.1) is 5.57 Å². The molecule has 0 spiro atoms. The van der Waals surface area contributed by atoms with Crippen LogP contribution in [-0.4, -0.2) is 28.0 Å². The number of hydrogen-bond acceptors (Lipinski definition) is 5. The van der Waals surface area contributed by atoms with Crippen molar-refractivity contribution in [2.24, 2.45) is 0 Å². The molecule has 7 heteroatoms. The SMILES string of the molecule is Br.N#C/C(=C/c1ccc2c(c1)OCCO2)c1nnc2n1CCCCC2. The highest BCUT2D eigenvalue weighted by molar-refractivity contribution is 8.93. The molecule has 0 amide bonds. The average Bonchev–Trinajstić information content (AvgIpc) is 2.87. The highest BCUT2D eigenvalue weighted by Crippen LogP contribution is 2.32. The Kier molecular flexibility index (Phi) is 5.39. The van der Waals surface area contributed by atoms with E-state index in [0.29, 0.717) is 30.4 Å². The molecule has 0 unspecified atom stereocenters. The van der Waals surface area contributed by atoms with Crippen molar-refractivity contribution in [1.82, 2.24) is 14.8 Å². The van der Waals surface area contributed by atoms with Gasteiger partial charge in [0.2, 0.25) is 0 Å². The predicted octanol–water partition coefficient (Wildman–Crippen LogP) is 3.42. The van der Waals surface area contributed by atoms with Crippen LogP contribution in [0.3, 0.4) is 0 Å². The second-order valence-corrected chi connectivity index (χ2v) is 5.98. The lowest BCUT2D eigenvalue weighted by Crippen LogP contribution is -2.15. The molecule has 1 aromatic carbocycles. The number of halogens is 1. The van der Waals surface area contributed by atoms with Crippen LogP contribution in [0, 0.1) is 11.3 Å². The summed E-state index contributed by atoms with van der Waals surface area (Å²) in [7, 11) is 0. The van der Waals surface area contributed by atoms with Crippen molar-refractivity contribution in [2.45, 2.75) is 32.2 Å². The first kappa shape index (κ1) is 17.5. The number of allylic oxidation sites excluding steroid dienone is 1. The van der Waals surface area contributed by atoms with E-state index in [4.69, 9.17) is 9.47 Å². The molecule has 0 radical (unpaired) electrons. The van der Waals surface area contributed by atoms with Crippen LogP contribution < -0.4 is 9.47 Å². The topological polar surface area (TPSA) is 73.0 Å². The molecule has 0 aliphatic carbocycles. The minimum Gasteiger partial charge on any atom is -0.486 e. The molecular formula is C18H19BrN4O2. The number of ether oxygens (including phenoxy) is 2. The minimum atomic E-state index is 0. The Labute approximate surface area is 156 Å². The largest absolute Gasteiger partial charge is 0.486 e. The second-order valence-electron chi connectivity index (χ2n) is 5.98. The van der Waals surface area contributed by atoms with Gasteiger partial charge in [-0.15, -0.1) is 27.2 Å². The van der Waals surface area contributed by atoms with E-state index in [-0.39, 0.29) is 17.0 Å². The Bertz CT molecular complexity index is 838. The fraction of sp³-hybridized carbons (Fsp3) is 0.389. The Morgan fingerprint density at radius 1 is 1.12 bits per heavy atom. The maximum atomic E-state index is 9.61. The second kappa shape index (κ2) is 7.70. The molecule has 130 valence electrons. The summed E-state index contributed by atoms with van der Waals surface area (Å²) in [5, 5.41) is 18.1. The average molecular weight is 403 g/mol. The van der Waals surface area contributed by atoms with Gasteiger partial charge in [0.25, 0.3) is 0 Å². The number of aryl methyl sites for hydroxylation is 1. The van der Waals surface area contributed by atoms with Crippen molar-refractivity contribution in [2.75, 3.05) is 13.2 Å². The number of hydrogen-bond donors (Lipinski definition) is 0. The van der Waals surface area contributed by atoms with Gasteiger partial charge < -0.3 is 14.0 Å². The molecule has 0 fully saturated rings. The summed E-state index contributed by atoms with van der Waals surface area (Å²) in [5.74, 6) is 3.09. The smallest absolute Gasteiger partial charge is 0.174 e. The Hall–Kier alpha value is -2.33. The van der Waals surface area contributed by atoms with Gasteiger partial charge in [-0.05, 0) is 36.6 Å². The zero-order valence-electron chi connectivity index (χ0n) is 13.8. The number of aromatic nitrogens is 3. The standard InChI is InChI=1S/C18H18N4O2.BrH/c19-12-14(18-21-20-17-4-2-1-3-7-22(17)18)10-13-5-6-15-16(11-13)24-9-8-23-15;/h5-6,10-11H,1-4,7-9H2;1H/b14-10-;. The summed E-state index contributed by atoms with van der Waals surface area (Å²) in [6.45, 7) is 1.98. The zero-order valence-corrected chi connectivity index (χ0v) is 15.5. The molecule has 3 heterocycles. The van der Waals surface area contributed by atoms with Crippen LogP contribution in [0.15, 0.2) is 18.2 Å².